The van der Waals surface area contributed by atoms with E-state index in [1.165, 1.54) is 20.5 Å². The molecule has 0 atom stereocenters. The van der Waals surface area contributed by atoms with E-state index >= 15 is 0 Å². The van der Waals surface area contributed by atoms with Crippen LogP contribution in [0.1, 0.15) is 27.4 Å². The number of aromatic nitrogens is 1. The van der Waals surface area contributed by atoms with Gasteiger partial charge in [-0.15, -0.1) is 34.3 Å². The molecule has 2 aromatic heterocycles. The topological polar surface area (TPSA) is 12.9 Å². The van der Waals surface area contributed by atoms with E-state index in [4.69, 9.17) is 11.6 Å². The first kappa shape index (κ1) is 12.1. The van der Waals surface area contributed by atoms with Gasteiger partial charge in [0.15, 0.2) is 0 Å². The zero-order chi connectivity index (χ0) is 11.4. The molecule has 2 rings (SSSR count). The van der Waals surface area contributed by atoms with Gasteiger partial charge in [0.25, 0.3) is 0 Å². The number of hydrogen-bond donors (Lipinski definition) is 0. The van der Waals surface area contributed by atoms with Gasteiger partial charge in [-0.1, -0.05) is 6.92 Å². The molecule has 4 heteroatoms. The normalized spacial score (nSPS) is 10.9. The molecular weight excluding hydrogens is 258 g/mol. The van der Waals surface area contributed by atoms with Crippen LogP contribution in [0.3, 0.4) is 0 Å². The van der Waals surface area contributed by atoms with Crippen LogP contribution in [0.5, 0.6) is 0 Å². The first-order valence-electron chi connectivity index (χ1n) is 5.38. The summed E-state index contributed by atoms with van der Waals surface area (Å²) in [5.41, 5.74) is 1.22. The maximum atomic E-state index is 5.78. The number of hydrogen-bond acceptors (Lipinski definition) is 3. The van der Waals surface area contributed by atoms with Crippen molar-refractivity contribution in [1.29, 1.82) is 0 Å². The molecule has 0 fully saturated rings. The molecule has 16 heavy (non-hydrogen) atoms. The van der Waals surface area contributed by atoms with Gasteiger partial charge in [0.2, 0.25) is 0 Å². The summed E-state index contributed by atoms with van der Waals surface area (Å²) in [7, 11) is 0. The number of nitrogens with zero attached hydrogens (tertiary/aromatic N) is 1. The Labute approximate surface area is 109 Å². The summed E-state index contributed by atoms with van der Waals surface area (Å²) in [4.78, 5) is 7.23. The fourth-order valence-electron chi connectivity index (χ4n) is 1.51. The Kier molecular flexibility index (Phi) is 4.38. The molecule has 0 spiro atoms. The zero-order valence-electron chi connectivity index (χ0n) is 9.20. The molecule has 0 aliphatic carbocycles. The molecule has 0 aliphatic heterocycles. The summed E-state index contributed by atoms with van der Waals surface area (Å²) in [6, 6.07) is 4.29. The number of alkyl halides is 1. The predicted molar refractivity (Wildman–Crippen MR) is 72.8 cm³/mol. The fraction of sp³-hybridized carbons (Fsp3) is 0.417. The van der Waals surface area contributed by atoms with Crippen LogP contribution in [0.25, 0.3) is 0 Å². The first-order chi connectivity index (χ1) is 7.81. The number of thiophene rings is 1. The largest absolute Gasteiger partial charge is 0.246 e. The van der Waals surface area contributed by atoms with Crippen molar-refractivity contribution < 1.29 is 0 Å². The fourth-order valence-corrected chi connectivity index (χ4v) is 3.41. The molecule has 0 amide bonds. The van der Waals surface area contributed by atoms with Gasteiger partial charge in [0.1, 0.15) is 0 Å². The molecule has 0 radical (unpaired) electrons. The zero-order valence-corrected chi connectivity index (χ0v) is 11.6. The lowest BCUT2D eigenvalue weighted by Crippen LogP contribution is -1.89. The van der Waals surface area contributed by atoms with Gasteiger partial charge < -0.3 is 0 Å². The van der Waals surface area contributed by atoms with Crippen LogP contribution < -0.4 is 0 Å². The summed E-state index contributed by atoms with van der Waals surface area (Å²) < 4.78 is 0. The van der Waals surface area contributed by atoms with Crippen LogP contribution in [-0.4, -0.2) is 4.98 Å². The van der Waals surface area contributed by atoms with Crippen molar-refractivity contribution in [3.63, 3.8) is 0 Å². The molecule has 86 valence electrons. The standard InChI is InChI=1S/C12H14ClNS2/c1-2-12-14-9(8-15-12)3-4-10-5-6-11(7-13)16-10/h5-6,8H,2-4,7H2,1H3. The summed E-state index contributed by atoms with van der Waals surface area (Å²) in [5, 5.41) is 3.41. The number of rotatable bonds is 5. The van der Waals surface area contributed by atoms with Crippen molar-refractivity contribution >= 4 is 34.3 Å². The van der Waals surface area contributed by atoms with E-state index in [1.54, 1.807) is 11.3 Å². The Morgan fingerprint density at radius 2 is 2.06 bits per heavy atom. The third-order valence-electron chi connectivity index (χ3n) is 2.38. The van der Waals surface area contributed by atoms with E-state index < -0.39 is 0 Å². The highest BCUT2D eigenvalue weighted by molar-refractivity contribution is 7.12. The van der Waals surface area contributed by atoms with Gasteiger partial charge in [0.05, 0.1) is 16.6 Å². The van der Waals surface area contributed by atoms with Crippen molar-refractivity contribution in [2.24, 2.45) is 0 Å². The molecule has 0 unspecified atom stereocenters. The van der Waals surface area contributed by atoms with E-state index in [2.05, 4.69) is 29.4 Å². The quantitative estimate of drug-likeness (QED) is 0.739. The second kappa shape index (κ2) is 5.80. The minimum atomic E-state index is 0.626. The molecule has 0 N–H and O–H groups in total. The van der Waals surface area contributed by atoms with E-state index in [9.17, 15) is 0 Å². The molecule has 0 saturated heterocycles. The maximum absolute atomic E-state index is 5.78. The highest BCUT2D eigenvalue weighted by Gasteiger charge is 2.03. The number of halogens is 1. The van der Waals surface area contributed by atoms with Gasteiger partial charge in [-0.05, 0) is 31.4 Å². The third-order valence-corrected chi connectivity index (χ3v) is 5.01. The Morgan fingerprint density at radius 1 is 1.25 bits per heavy atom. The van der Waals surface area contributed by atoms with Gasteiger partial charge in [-0.2, -0.15) is 0 Å². The Balaban J connectivity index is 1.91. The average Bonchev–Trinajstić information content (AvgIpc) is 2.95. The van der Waals surface area contributed by atoms with E-state index in [0.29, 0.717) is 5.88 Å². The van der Waals surface area contributed by atoms with E-state index in [-0.39, 0.29) is 0 Å². The van der Waals surface area contributed by atoms with E-state index in [1.807, 2.05) is 11.3 Å². The highest BCUT2D eigenvalue weighted by Crippen LogP contribution is 2.20. The van der Waals surface area contributed by atoms with Crippen molar-refractivity contribution in [2.75, 3.05) is 0 Å². The summed E-state index contributed by atoms with van der Waals surface area (Å²) in [6.07, 6.45) is 3.16. The number of aryl methyl sites for hydroxylation is 3. The minimum absolute atomic E-state index is 0.626. The van der Waals surface area contributed by atoms with Crippen LogP contribution in [0, 0.1) is 0 Å². The Bertz CT molecular complexity index is 405. The van der Waals surface area contributed by atoms with Gasteiger partial charge in [0, 0.05) is 15.1 Å². The van der Waals surface area contributed by atoms with Crippen molar-refractivity contribution in [2.45, 2.75) is 32.1 Å². The maximum Gasteiger partial charge on any atom is 0.0925 e. The van der Waals surface area contributed by atoms with Crippen LogP contribution in [0.4, 0.5) is 0 Å². The molecule has 0 aromatic carbocycles. The van der Waals surface area contributed by atoms with E-state index in [0.717, 1.165) is 19.3 Å². The van der Waals surface area contributed by atoms with Crippen molar-refractivity contribution in [1.82, 2.24) is 4.98 Å². The van der Waals surface area contributed by atoms with Crippen LogP contribution in [-0.2, 0) is 25.1 Å². The molecule has 0 saturated carbocycles. The monoisotopic (exact) mass is 271 g/mol. The average molecular weight is 272 g/mol. The van der Waals surface area contributed by atoms with Gasteiger partial charge >= 0.3 is 0 Å². The highest BCUT2D eigenvalue weighted by atomic mass is 35.5. The molecule has 2 heterocycles. The van der Waals surface area contributed by atoms with Crippen molar-refractivity contribution in [3.8, 4) is 0 Å². The summed E-state index contributed by atoms with van der Waals surface area (Å²) >= 11 is 9.35. The second-order valence-electron chi connectivity index (χ2n) is 3.59. The Hall–Kier alpha value is -0.380. The lowest BCUT2D eigenvalue weighted by atomic mass is 10.2. The molecule has 0 aliphatic rings. The lowest BCUT2D eigenvalue weighted by molar-refractivity contribution is 0.923. The van der Waals surface area contributed by atoms with Crippen LogP contribution in [0.15, 0.2) is 17.5 Å². The third kappa shape index (κ3) is 3.06. The molecule has 2 aromatic rings. The second-order valence-corrected chi connectivity index (χ2v) is 6.05. The smallest absolute Gasteiger partial charge is 0.0925 e. The first-order valence-corrected chi connectivity index (χ1v) is 7.61. The SMILES string of the molecule is CCc1nc(CCc2ccc(CCl)s2)cs1. The molecular formula is C12H14ClNS2. The molecule has 1 nitrogen and oxygen atoms in total. The number of thiazole rings is 1. The predicted octanol–water partition coefficient (Wildman–Crippen LogP) is 4.29. The van der Waals surface area contributed by atoms with Gasteiger partial charge in [-0.3, -0.25) is 0 Å². The van der Waals surface area contributed by atoms with Crippen LogP contribution >= 0.6 is 34.3 Å². The molecule has 0 bridgehead atoms. The van der Waals surface area contributed by atoms with Crippen molar-refractivity contribution in [3.05, 3.63) is 38.0 Å². The lowest BCUT2D eigenvalue weighted by Gasteiger charge is -1.94. The summed E-state index contributed by atoms with van der Waals surface area (Å²) in [5.74, 6) is 0.626. The minimum Gasteiger partial charge on any atom is -0.246 e. The van der Waals surface area contributed by atoms with Gasteiger partial charge in [-0.25, -0.2) is 4.98 Å². The summed E-state index contributed by atoms with van der Waals surface area (Å²) in [6.45, 7) is 2.15. The van der Waals surface area contributed by atoms with Crippen LogP contribution in [0.2, 0.25) is 0 Å². The Morgan fingerprint density at radius 3 is 2.69 bits per heavy atom.